The zero-order valence-electron chi connectivity index (χ0n) is 6.83. The Balaban J connectivity index is 1.92. The third-order valence-electron chi connectivity index (χ3n) is 2.98. The Morgan fingerprint density at radius 3 is 2.82 bits per heavy atom. The molecule has 2 fully saturated rings. The molecule has 0 bridgehead atoms. The number of rotatable bonds is 1. The number of hydrogen-bond acceptors (Lipinski definition) is 2. The minimum Gasteiger partial charge on any atom is -0.395 e. The summed E-state index contributed by atoms with van der Waals surface area (Å²) in [4.78, 5) is 0. The molecule has 0 aromatic heterocycles. The van der Waals surface area contributed by atoms with Gasteiger partial charge in [-0.1, -0.05) is 12.8 Å². The predicted octanol–water partition coefficient (Wildman–Crippen LogP) is 2.04. The largest absolute Gasteiger partial charge is 0.395 e. The third-order valence-corrected chi connectivity index (χ3v) is 4.67. The van der Waals surface area contributed by atoms with E-state index in [-0.39, 0.29) is 0 Å². The fourth-order valence-corrected chi connectivity index (χ4v) is 4.09. The SMILES string of the molecule is OC[C@H]1CC2CCCCC2S1. The molecule has 1 aliphatic heterocycles. The van der Waals surface area contributed by atoms with Gasteiger partial charge in [-0.05, 0) is 25.2 Å². The molecule has 2 rings (SSSR count). The molecule has 0 spiro atoms. The standard InChI is InChI=1S/C9H16OS/c10-6-8-5-7-3-1-2-4-9(7)11-8/h7-10H,1-6H2/t7?,8-,9?/m1/s1. The van der Waals surface area contributed by atoms with E-state index < -0.39 is 0 Å². The van der Waals surface area contributed by atoms with Gasteiger partial charge in [-0.2, -0.15) is 11.8 Å². The number of hydrogen-bond donors (Lipinski definition) is 1. The molecule has 64 valence electrons. The van der Waals surface area contributed by atoms with Gasteiger partial charge in [0.25, 0.3) is 0 Å². The molecule has 3 atom stereocenters. The molecule has 1 saturated carbocycles. The highest BCUT2D eigenvalue weighted by molar-refractivity contribution is 8.00. The lowest BCUT2D eigenvalue weighted by molar-refractivity contribution is 0.276. The van der Waals surface area contributed by atoms with Crippen LogP contribution in [0, 0.1) is 5.92 Å². The Bertz CT molecular complexity index is 124. The summed E-state index contributed by atoms with van der Waals surface area (Å²) in [5.41, 5.74) is 0. The Labute approximate surface area is 72.6 Å². The lowest BCUT2D eigenvalue weighted by atomic mass is 9.86. The highest BCUT2D eigenvalue weighted by Crippen LogP contribution is 2.45. The lowest BCUT2D eigenvalue weighted by Gasteiger charge is -2.23. The van der Waals surface area contributed by atoms with E-state index in [2.05, 4.69) is 0 Å². The van der Waals surface area contributed by atoms with Crippen molar-refractivity contribution >= 4 is 11.8 Å². The summed E-state index contributed by atoms with van der Waals surface area (Å²) in [6.45, 7) is 0.400. The van der Waals surface area contributed by atoms with Crippen LogP contribution >= 0.6 is 11.8 Å². The first kappa shape index (κ1) is 7.93. The molecular formula is C9H16OS. The first-order valence-corrected chi connectivity index (χ1v) is 5.61. The molecule has 0 radical (unpaired) electrons. The van der Waals surface area contributed by atoms with E-state index in [1.54, 1.807) is 0 Å². The van der Waals surface area contributed by atoms with Crippen LogP contribution in [-0.4, -0.2) is 22.2 Å². The van der Waals surface area contributed by atoms with Crippen LogP contribution in [0.3, 0.4) is 0 Å². The average molecular weight is 172 g/mol. The highest BCUT2D eigenvalue weighted by Gasteiger charge is 2.35. The Hall–Kier alpha value is 0.310. The van der Waals surface area contributed by atoms with Gasteiger partial charge >= 0.3 is 0 Å². The lowest BCUT2D eigenvalue weighted by Crippen LogP contribution is -2.16. The van der Waals surface area contributed by atoms with E-state index in [1.807, 2.05) is 11.8 Å². The monoisotopic (exact) mass is 172 g/mol. The van der Waals surface area contributed by atoms with E-state index in [9.17, 15) is 0 Å². The molecule has 0 aromatic carbocycles. The Kier molecular flexibility index (Phi) is 2.42. The van der Waals surface area contributed by atoms with E-state index in [1.165, 1.54) is 32.1 Å². The van der Waals surface area contributed by atoms with Gasteiger partial charge in [0.15, 0.2) is 0 Å². The van der Waals surface area contributed by atoms with E-state index >= 15 is 0 Å². The van der Waals surface area contributed by atoms with E-state index in [4.69, 9.17) is 5.11 Å². The Morgan fingerprint density at radius 2 is 2.09 bits per heavy atom. The van der Waals surface area contributed by atoms with Crippen LogP contribution in [0.25, 0.3) is 0 Å². The molecule has 1 saturated heterocycles. The van der Waals surface area contributed by atoms with Crippen LogP contribution < -0.4 is 0 Å². The second kappa shape index (κ2) is 3.36. The van der Waals surface area contributed by atoms with Crippen LogP contribution in [0.1, 0.15) is 32.1 Å². The van der Waals surface area contributed by atoms with Gasteiger partial charge in [-0.3, -0.25) is 0 Å². The van der Waals surface area contributed by atoms with Crippen molar-refractivity contribution in [3.63, 3.8) is 0 Å². The summed E-state index contributed by atoms with van der Waals surface area (Å²) in [5, 5.41) is 10.5. The van der Waals surface area contributed by atoms with Crippen molar-refractivity contribution in [2.75, 3.05) is 6.61 Å². The van der Waals surface area contributed by atoms with E-state index in [0.29, 0.717) is 11.9 Å². The zero-order valence-corrected chi connectivity index (χ0v) is 7.65. The van der Waals surface area contributed by atoms with Crippen molar-refractivity contribution < 1.29 is 5.11 Å². The van der Waals surface area contributed by atoms with Gasteiger partial charge in [0.05, 0.1) is 6.61 Å². The average Bonchev–Trinajstić information content (AvgIpc) is 2.46. The normalized spacial score (nSPS) is 43.9. The second-order valence-corrected chi connectivity index (χ2v) is 5.30. The summed E-state index contributed by atoms with van der Waals surface area (Å²) in [5.74, 6) is 0.950. The zero-order chi connectivity index (χ0) is 7.68. The van der Waals surface area contributed by atoms with Crippen molar-refractivity contribution in [2.45, 2.75) is 42.6 Å². The number of fused-ring (bicyclic) bond motifs is 1. The first-order valence-electron chi connectivity index (χ1n) is 4.66. The summed E-state index contributed by atoms with van der Waals surface area (Å²) in [7, 11) is 0. The van der Waals surface area contributed by atoms with Crippen molar-refractivity contribution in [2.24, 2.45) is 5.92 Å². The molecular weight excluding hydrogens is 156 g/mol. The maximum Gasteiger partial charge on any atom is 0.0550 e. The maximum atomic E-state index is 8.99. The molecule has 11 heavy (non-hydrogen) atoms. The van der Waals surface area contributed by atoms with Crippen LogP contribution in [0.5, 0.6) is 0 Å². The molecule has 0 aromatic rings. The summed E-state index contributed by atoms with van der Waals surface area (Å²) >= 11 is 2.04. The molecule has 1 aliphatic carbocycles. The Morgan fingerprint density at radius 1 is 1.27 bits per heavy atom. The molecule has 2 heteroatoms. The van der Waals surface area contributed by atoms with Crippen LogP contribution in [0.15, 0.2) is 0 Å². The minimum atomic E-state index is 0.400. The molecule has 2 unspecified atom stereocenters. The maximum absolute atomic E-state index is 8.99. The van der Waals surface area contributed by atoms with Gasteiger partial charge in [-0.15, -0.1) is 0 Å². The minimum absolute atomic E-state index is 0.400. The van der Waals surface area contributed by atoms with E-state index in [0.717, 1.165) is 11.2 Å². The van der Waals surface area contributed by atoms with Crippen LogP contribution in [0.4, 0.5) is 0 Å². The van der Waals surface area contributed by atoms with Gasteiger partial charge in [0.1, 0.15) is 0 Å². The van der Waals surface area contributed by atoms with Crippen molar-refractivity contribution in [3.05, 3.63) is 0 Å². The van der Waals surface area contributed by atoms with Crippen molar-refractivity contribution in [3.8, 4) is 0 Å². The van der Waals surface area contributed by atoms with Crippen LogP contribution in [-0.2, 0) is 0 Å². The number of aliphatic hydroxyl groups excluding tert-OH is 1. The predicted molar refractivity (Wildman–Crippen MR) is 48.8 cm³/mol. The van der Waals surface area contributed by atoms with Gasteiger partial charge in [-0.25, -0.2) is 0 Å². The molecule has 2 aliphatic rings. The van der Waals surface area contributed by atoms with Gasteiger partial charge < -0.3 is 5.11 Å². The summed E-state index contributed by atoms with van der Waals surface area (Å²) in [6.07, 6.45) is 6.97. The van der Waals surface area contributed by atoms with Crippen LogP contribution in [0.2, 0.25) is 0 Å². The topological polar surface area (TPSA) is 20.2 Å². The number of thioether (sulfide) groups is 1. The number of aliphatic hydroxyl groups is 1. The first-order chi connectivity index (χ1) is 5.40. The fourth-order valence-electron chi connectivity index (χ4n) is 2.38. The van der Waals surface area contributed by atoms with Gasteiger partial charge in [0.2, 0.25) is 0 Å². The fraction of sp³-hybridized carbons (Fsp3) is 1.00. The molecule has 1 heterocycles. The quantitative estimate of drug-likeness (QED) is 0.653. The summed E-state index contributed by atoms with van der Waals surface area (Å²) in [6, 6.07) is 0. The second-order valence-electron chi connectivity index (χ2n) is 3.76. The van der Waals surface area contributed by atoms with Crippen molar-refractivity contribution in [1.29, 1.82) is 0 Å². The van der Waals surface area contributed by atoms with Gasteiger partial charge in [0, 0.05) is 10.5 Å². The van der Waals surface area contributed by atoms with Crippen molar-refractivity contribution in [1.82, 2.24) is 0 Å². The molecule has 1 N–H and O–H groups in total. The highest BCUT2D eigenvalue weighted by atomic mass is 32.2. The molecule has 0 amide bonds. The smallest absolute Gasteiger partial charge is 0.0550 e. The summed E-state index contributed by atoms with van der Waals surface area (Å²) < 4.78 is 0. The third kappa shape index (κ3) is 1.57. The molecule has 1 nitrogen and oxygen atoms in total.